The van der Waals surface area contributed by atoms with Crippen LogP contribution in [0.3, 0.4) is 0 Å². The van der Waals surface area contributed by atoms with E-state index in [0.717, 1.165) is 61.8 Å². The van der Waals surface area contributed by atoms with Gasteiger partial charge in [-0.2, -0.15) is 0 Å². The minimum Gasteiger partial charge on any atom is -0.378 e. The third-order valence-corrected chi connectivity index (χ3v) is 3.42. The third kappa shape index (κ3) is 2.16. The van der Waals surface area contributed by atoms with Crippen molar-refractivity contribution < 1.29 is 4.74 Å². The molecule has 1 saturated heterocycles. The van der Waals surface area contributed by atoms with Crippen LogP contribution in [0.1, 0.15) is 24.9 Å². The van der Waals surface area contributed by atoms with Gasteiger partial charge < -0.3 is 9.75 Å². The first-order valence-corrected chi connectivity index (χ1v) is 6.83. The van der Waals surface area contributed by atoms with Gasteiger partial charge in [0.2, 0.25) is 0 Å². The van der Waals surface area contributed by atoms with Crippen LogP contribution < -0.4 is 5.01 Å². The van der Waals surface area contributed by atoms with Crippen molar-refractivity contribution in [3.05, 3.63) is 17.8 Å². The van der Waals surface area contributed by atoms with E-state index in [4.69, 9.17) is 4.74 Å². The molecule has 2 aromatic rings. The summed E-state index contributed by atoms with van der Waals surface area (Å²) in [6.07, 6.45) is 3.61. The molecular formula is C13H19N5O. The summed E-state index contributed by atoms with van der Waals surface area (Å²) in [5.41, 5.74) is 2.81. The lowest BCUT2D eigenvalue weighted by molar-refractivity contribution is 0.111. The van der Waals surface area contributed by atoms with Crippen LogP contribution in [0.15, 0.2) is 6.33 Å². The number of nitrogens with zero attached hydrogens (tertiary/aromatic N) is 5. The molecule has 1 fully saturated rings. The first-order valence-electron chi connectivity index (χ1n) is 6.83. The summed E-state index contributed by atoms with van der Waals surface area (Å²) in [7, 11) is 0. The van der Waals surface area contributed by atoms with Gasteiger partial charge in [0.15, 0.2) is 5.65 Å². The number of imidazole rings is 1. The molecule has 0 atom stereocenters. The maximum atomic E-state index is 5.43. The number of hydrogen-bond acceptors (Lipinski definition) is 5. The molecule has 0 unspecified atom stereocenters. The van der Waals surface area contributed by atoms with Gasteiger partial charge in [-0.15, -0.1) is 0 Å². The van der Waals surface area contributed by atoms with Gasteiger partial charge in [0, 0.05) is 6.42 Å². The molecule has 6 heteroatoms. The Morgan fingerprint density at radius 2 is 2.05 bits per heavy atom. The van der Waals surface area contributed by atoms with E-state index in [1.165, 1.54) is 0 Å². The largest absolute Gasteiger partial charge is 0.378 e. The molecule has 0 N–H and O–H groups in total. The molecule has 102 valence electrons. The van der Waals surface area contributed by atoms with Crippen molar-refractivity contribution in [2.24, 2.45) is 0 Å². The quantitative estimate of drug-likeness (QED) is 0.826. The van der Waals surface area contributed by atoms with Crippen molar-refractivity contribution >= 4 is 11.2 Å². The highest BCUT2D eigenvalue weighted by atomic mass is 16.5. The predicted molar refractivity (Wildman–Crippen MR) is 72.8 cm³/mol. The van der Waals surface area contributed by atoms with Gasteiger partial charge in [0.1, 0.15) is 17.7 Å². The fourth-order valence-corrected chi connectivity index (χ4v) is 2.53. The molecule has 0 bridgehead atoms. The lowest BCUT2D eigenvalue weighted by Gasteiger charge is -2.31. The first-order chi connectivity index (χ1) is 9.31. The molecule has 1 aliphatic heterocycles. The van der Waals surface area contributed by atoms with Crippen molar-refractivity contribution in [2.75, 3.05) is 31.3 Å². The van der Waals surface area contributed by atoms with Gasteiger partial charge in [-0.05, 0) is 13.3 Å². The van der Waals surface area contributed by atoms with Gasteiger partial charge in [-0.1, -0.05) is 6.92 Å². The zero-order chi connectivity index (χ0) is 13.2. The van der Waals surface area contributed by atoms with E-state index in [1.807, 2.05) is 6.92 Å². The van der Waals surface area contributed by atoms with Gasteiger partial charge in [-0.25, -0.2) is 19.6 Å². The van der Waals surface area contributed by atoms with E-state index < -0.39 is 0 Å². The molecule has 1 aliphatic rings. The molecule has 0 aliphatic carbocycles. The van der Waals surface area contributed by atoms with E-state index in [1.54, 1.807) is 6.33 Å². The van der Waals surface area contributed by atoms with Crippen molar-refractivity contribution in [1.29, 1.82) is 0 Å². The summed E-state index contributed by atoms with van der Waals surface area (Å²) in [6.45, 7) is 7.48. The Bertz CT molecular complexity index is 574. The number of ether oxygens (including phenoxy) is 1. The van der Waals surface area contributed by atoms with Crippen LogP contribution in [0, 0.1) is 6.92 Å². The van der Waals surface area contributed by atoms with Crippen LogP contribution in [-0.4, -0.2) is 45.9 Å². The van der Waals surface area contributed by atoms with Crippen LogP contribution in [0.5, 0.6) is 0 Å². The Morgan fingerprint density at radius 1 is 1.26 bits per heavy atom. The molecule has 2 aromatic heterocycles. The second-order valence-corrected chi connectivity index (χ2v) is 4.79. The minimum absolute atomic E-state index is 0.762. The summed E-state index contributed by atoms with van der Waals surface area (Å²) in [4.78, 5) is 13.3. The molecule has 6 nitrogen and oxygen atoms in total. The van der Waals surface area contributed by atoms with Gasteiger partial charge >= 0.3 is 0 Å². The third-order valence-electron chi connectivity index (χ3n) is 3.42. The highest BCUT2D eigenvalue weighted by Gasteiger charge is 2.20. The first kappa shape index (κ1) is 12.3. The van der Waals surface area contributed by atoms with E-state index >= 15 is 0 Å². The number of morpholine rings is 1. The average Bonchev–Trinajstić information content (AvgIpc) is 2.80. The molecule has 3 rings (SSSR count). The van der Waals surface area contributed by atoms with Crippen molar-refractivity contribution in [3.63, 3.8) is 0 Å². The van der Waals surface area contributed by atoms with Crippen molar-refractivity contribution in [3.8, 4) is 0 Å². The Hall–Kier alpha value is -1.69. The monoisotopic (exact) mass is 261 g/mol. The fraction of sp³-hybridized carbons (Fsp3) is 0.615. The SMILES string of the molecule is CCCc1nc2ncnc(C)c2n1N1CCOCC1. The van der Waals surface area contributed by atoms with Crippen LogP contribution in [0.25, 0.3) is 11.2 Å². The minimum atomic E-state index is 0.762. The van der Waals surface area contributed by atoms with Gasteiger partial charge in [0.05, 0.1) is 32.0 Å². The lowest BCUT2D eigenvalue weighted by atomic mass is 10.3. The maximum Gasteiger partial charge on any atom is 0.183 e. The van der Waals surface area contributed by atoms with Crippen LogP contribution in [0.4, 0.5) is 0 Å². The zero-order valence-corrected chi connectivity index (χ0v) is 11.5. The van der Waals surface area contributed by atoms with Crippen LogP contribution >= 0.6 is 0 Å². The number of rotatable bonds is 3. The zero-order valence-electron chi connectivity index (χ0n) is 11.5. The van der Waals surface area contributed by atoms with Crippen LogP contribution in [0.2, 0.25) is 0 Å². The molecule has 19 heavy (non-hydrogen) atoms. The molecular weight excluding hydrogens is 242 g/mol. The Morgan fingerprint density at radius 3 is 2.79 bits per heavy atom. The molecule has 0 saturated carbocycles. The Kier molecular flexibility index (Phi) is 3.33. The second-order valence-electron chi connectivity index (χ2n) is 4.79. The molecule has 3 heterocycles. The average molecular weight is 261 g/mol. The van der Waals surface area contributed by atoms with E-state index in [2.05, 4.69) is 31.6 Å². The van der Waals surface area contributed by atoms with E-state index in [-0.39, 0.29) is 0 Å². The lowest BCUT2D eigenvalue weighted by Crippen LogP contribution is -2.44. The van der Waals surface area contributed by atoms with Gasteiger partial charge in [-0.3, -0.25) is 0 Å². The van der Waals surface area contributed by atoms with Crippen molar-refractivity contribution in [2.45, 2.75) is 26.7 Å². The molecule has 0 spiro atoms. The predicted octanol–water partition coefficient (Wildman–Crippen LogP) is 1.06. The summed E-state index contributed by atoms with van der Waals surface area (Å²) >= 11 is 0. The number of fused-ring (bicyclic) bond motifs is 1. The number of aryl methyl sites for hydroxylation is 2. The summed E-state index contributed by atoms with van der Waals surface area (Å²) < 4.78 is 7.64. The standard InChI is InChI=1S/C13H19N5O/c1-3-4-11-16-13-12(10(2)14-9-15-13)18(11)17-5-7-19-8-6-17/h9H,3-8H2,1-2H3. The van der Waals surface area contributed by atoms with E-state index in [9.17, 15) is 0 Å². The topological polar surface area (TPSA) is 56.1 Å². The summed E-state index contributed by atoms with van der Waals surface area (Å²) in [6, 6.07) is 0. The number of hydrogen-bond donors (Lipinski definition) is 0. The highest BCUT2D eigenvalue weighted by molar-refractivity contribution is 5.74. The van der Waals surface area contributed by atoms with E-state index in [0.29, 0.717) is 0 Å². The summed E-state index contributed by atoms with van der Waals surface area (Å²) in [5, 5.41) is 2.29. The van der Waals surface area contributed by atoms with Gasteiger partial charge in [0.25, 0.3) is 0 Å². The van der Waals surface area contributed by atoms with Crippen LogP contribution in [-0.2, 0) is 11.2 Å². The molecule has 0 radical (unpaired) electrons. The highest BCUT2D eigenvalue weighted by Crippen LogP contribution is 2.18. The second kappa shape index (κ2) is 5.13. The fourth-order valence-electron chi connectivity index (χ4n) is 2.53. The molecule has 0 amide bonds. The normalized spacial score (nSPS) is 16.2. The number of aromatic nitrogens is 4. The smallest absolute Gasteiger partial charge is 0.183 e. The Labute approximate surface area is 112 Å². The maximum absolute atomic E-state index is 5.43. The Balaban J connectivity index is 2.14. The summed E-state index contributed by atoms with van der Waals surface area (Å²) in [5.74, 6) is 1.07. The van der Waals surface area contributed by atoms with Crippen molar-refractivity contribution in [1.82, 2.24) is 19.6 Å². The molecule has 0 aromatic carbocycles.